The minimum absolute atomic E-state index is 0.119. The zero-order valence-electron chi connectivity index (χ0n) is 19.2. The number of hydrogen-bond donors (Lipinski definition) is 2. The lowest BCUT2D eigenvalue weighted by Crippen LogP contribution is -2.42. The van der Waals surface area contributed by atoms with Crippen molar-refractivity contribution in [2.75, 3.05) is 19.0 Å². The van der Waals surface area contributed by atoms with Crippen LogP contribution in [0.2, 0.25) is 0 Å². The first-order valence-electron chi connectivity index (χ1n) is 11.1. The van der Waals surface area contributed by atoms with E-state index < -0.39 is 5.82 Å². The Hall–Kier alpha value is -2.96. The van der Waals surface area contributed by atoms with Crippen molar-refractivity contribution >= 4 is 17.8 Å². The van der Waals surface area contributed by atoms with Gasteiger partial charge in [-0.05, 0) is 73.3 Å². The number of anilines is 1. The van der Waals surface area contributed by atoms with Gasteiger partial charge in [-0.25, -0.2) is 4.39 Å². The molecule has 0 aliphatic heterocycles. The Morgan fingerprint density at radius 3 is 2.50 bits per heavy atom. The van der Waals surface area contributed by atoms with Gasteiger partial charge in [-0.2, -0.15) is 0 Å². The van der Waals surface area contributed by atoms with Crippen LogP contribution >= 0.6 is 0 Å². The zero-order valence-corrected chi connectivity index (χ0v) is 19.2. The monoisotopic (exact) mass is 438 g/mol. The van der Waals surface area contributed by atoms with Crippen molar-refractivity contribution in [1.82, 2.24) is 15.5 Å². The maximum atomic E-state index is 14.5. The highest BCUT2D eigenvalue weighted by atomic mass is 19.1. The van der Waals surface area contributed by atoms with E-state index in [-0.39, 0.29) is 22.8 Å². The second-order valence-electron chi connectivity index (χ2n) is 10.1. The molecule has 4 rings (SSSR count). The molecule has 1 heterocycles. The van der Waals surface area contributed by atoms with Crippen LogP contribution in [0.25, 0.3) is 17.3 Å². The quantitative estimate of drug-likeness (QED) is 0.670. The van der Waals surface area contributed by atoms with E-state index in [0.717, 1.165) is 18.7 Å². The van der Waals surface area contributed by atoms with Crippen LogP contribution in [-0.4, -0.2) is 41.3 Å². The minimum atomic E-state index is -0.555. The molecule has 2 aromatic rings. The molecule has 2 bridgehead atoms. The second kappa shape index (κ2) is 8.19. The molecule has 2 fully saturated rings. The van der Waals surface area contributed by atoms with Crippen LogP contribution in [0.5, 0.6) is 5.75 Å². The van der Waals surface area contributed by atoms with Crippen molar-refractivity contribution < 1.29 is 14.3 Å². The number of phenolic OH excluding ortho intramolecular Hbond substituents is 1. The first-order valence-corrected chi connectivity index (χ1v) is 11.1. The Balaban J connectivity index is 1.53. The van der Waals surface area contributed by atoms with E-state index in [9.17, 15) is 14.3 Å². The number of hydrogen-bond acceptors (Lipinski definition) is 5. The third kappa shape index (κ3) is 4.33. The molecule has 6 nitrogen and oxygen atoms in total. The van der Waals surface area contributed by atoms with Gasteiger partial charge in [-0.1, -0.05) is 13.8 Å². The Morgan fingerprint density at radius 2 is 1.91 bits per heavy atom. The zero-order chi connectivity index (χ0) is 23.1. The van der Waals surface area contributed by atoms with Gasteiger partial charge in [-0.15, -0.1) is 10.2 Å². The van der Waals surface area contributed by atoms with Gasteiger partial charge in [0.2, 0.25) is 5.91 Å². The molecule has 1 aromatic heterocycles. The summed E-state index contributed by atoms with van der Waals surface area (Å²) < 4.78 is 14.5. The molecule has 2 aliphatic carbocycles. The summed E-state index contributed by atoms with van der Waals surface area (Å²) in [6.07, 6.45) is 8.71. The number of carbonyl (C=O) groups is 1. The number of amides is 1. The second-order valence-corrected chi connectivity index (χ2v) is 10.1. The van der Waals surface area contributed by atoms with Gasteiger partial charge in [0.1, 0.15) is 11.6 Å². The third-order valence-electron chi connectivity index (χ3n) is 7.25. The molecule has 7 heteroatoms. The number of halogens is 1. The molecule has 0 radical (unpaired) electrons. The molecular formula is C25H31FN4O2. The lowest BCUT2D eigenvalue weighted by atomic mass is 9.68. The molecular weight excluding hydrogens is 407 g/mol. The van der Waals surface area contributed by atoms with Gasteiger partial charge in [0.15, 0.2) is 5.82 Å². The molecule has 2 saturated carbocycles. The van der Waals surface area contributed by atoms with Gasteiger partial charge >= 0.3 is 0 Å². The number of fused-ring (bicyclic) bond motifs is 2. The van der Waals surface area contributed by atoms with Crippen LogP contribution in [0.3, 0.4) is 0 Å². The van der Waals surface area contributed by atoms with Crippen molar-refractivity contribution in [3.63, 3.8) is 0 Å². The minimum Gasteiger partial charge on any atom is -0.507 e. The maximum Gasteiger partial charge on any atom is 0.243 e. The summed E-state index contributed by atoms with van der Waals surface area (Å²) in [7, 11) is 3.55. The predicted octanol–water partition coefficient (Wildman–Crippen LogP) is 4.54. The van der Waals surface area contributed by atoms with Gasteiger partial charge in [0, 0.05) is 37.3 Å². The molecule has 1 unspecified atom stereocenters. The van der Waals surface area contributed by atoms with E-state index in [1.165, 1.54) is 50.6 Å². The highest BCUT2D eigenvalue weighted by Crippen LogP contribution is 2.58. The van der Waals surface area contributed by atoms with E-state index in [2.05, 4.69) is 41.3 Å². The fourth-order valence-corrected chi connectivity index (χ4v) is 5.65. The van der Waals surface area contributed by atoms with Gasteiger partial charge in [0.25, 0.3) is 0 Å². The molecule has 32 heavy (non-hydrogen) atoms. The highest BCUT2D eigenvalue weighted by molar-refractivity contribution is 5.91. The van der Waals surface area contributed by atoms with Gasteiger partial charge < -0.3 is 15.3 Å². The summed E-state index contributed by atoms with van der Waals surface area (Å²) >= 11 is 0. The standard InChI is InChI=1S/C25H31FN4O2/c1-24-9-10-25(2,15-24)14-17(13-24)30(4)22-7-6-20(28-29-22)18-12-19(26)16(11-21(18)31)5-8-23(32)27-3/h5-8,11-12,17,31H,9-10,13-15H2,1-4H3,(H,27,32)/b8-5+/t17?,24-,25+. The first kappa shape index (κ1) is 22.2. The predicted molar refractivity (Wildman–Crippen MR) is 124 cm³/mol. The lowest BCUT2D eigenvalue weighted by molar-refractivity contribution is -0.115. The van der Waals surface area contributed by atoms with E-state index >= 15 is 0 Å². The van der Waals surface area contributed by atoms with Crippen LogP contribution in [0.15, 0.2) is 30.3 Å². The number of benzene rings is 1. The molecule has 2 aliphatic rings. The third-order valence-corrected chi connectivity index (χ3v) is 7.25. The van der Waals surface area contributed by atoms with Crippen molar-refractivity contribution in [3.05, 3.63) is 41.7 Å². The van der Waals surface area contributed by atoms with Crippen molar-refractivity contribution in [1.29, 1.82) is 0 Å². The highest BCUT2D eigenvalue weighted by Gasteiger charge is 2.49. The van der Waals surface area contributed by atoms with Gasteiger partial charge in [-0.3, -0.25) is 4.79 Å². The molecule has 2 N–H and O–H groups in total. The Kier molecular flexibility index (Phi) is 5.69. The largest absolute Gasteiger partial charge is 0.507 e. The number of likely N-dealkylation sites (N-methyl/N-ethyl adjacent to an activating group) is 1. The van der Waals surface area contributed by atoms with Crippen molar-refractivity contribution in [3.8, 4) is 17.0 Å². The molecule has 170 valence electrons. The lowest BCUT2D eigenvalue weighted by Gasteiger charge is -2.44. The van der Waals surface area contributed by atoms with E-state index in [1.54, 1.807) is 6.07 Å². The normalized spacial score (nSPS) is 27.0. The summed E-state index contributed by atoms with van der Waals surface area (Å²) in [6, 6.07) is 6.55. The average molecular weight is 439 g/mol. The number of aromatic hydroxyl groups is 1. The molecule has 3 atom stereocenters. The number of aromatic nitrogens is 2. The summed E-state index contributed by atoms with van der Waals surface area (Å²) in [5.41, 5.74) is 1.57. The van der Waals surface area contributed by atoms with Crippen LogP contribution < -0.4 is 10.2 Å². The Labute approximate surface area is 188 Å². The topological polar surface area (TPSA) is 78.4 Å². The summed E-state index contributed by atoms with van der Waals surface area (Å²) in [5.74, 6) is -0.256. The molecule has 0 spiro atoms. The maximum absolute atomic E-state index is 14.5. The fraction of sp³-hybridized carbons (Fsp3) is 0.480. The van der Waals surface area contributed by atoms with Crippen LogP contribution in [0.1, 0.15) is 51.5 Å². The first-order chi connectivity index (χ1) is 15.1. The Bertz CT molecular complexity index is 1040. The molecule has 0 saturated heterocycles. The average Bonchev–Trinajstić information content (AvgIpc) is 2.99. The van der Waals surface area contributed by atoms with Crippen molar-refractivity contribution in [2.24, 2.45) is 10.8 Å². The summed E-state index contributed by atoms with van der Waals surface area (Å²) in [6.45, 7) is 4.80. The molecule has 1 amide bonds. The number of carbonyl (C=O) groups excluding carboxylic acids is 1. The SMILES string of the molecule is CNC(=O)/C=C/c1cc(O)c(-c2ccc(N(C)C3C[C@]4(C)CC[C@](C)(C3)C4)nn2)cc1F. The Morgan fingerprint density at radius 1 is 1.22 bits per heavy atom. The number of nitrogens with zero attached hydrogens (tertiary/aromatic N) is 3. The van der Waals surface area contributed by atoms with E-state index in [1.807, 2.05) is 6.07 Å². The number of phenols is 1. The smallest absolute Gasteiger partial charge is 0.243 e. The van der Waals surface area contributed by atoms with Crippen LogP contribution in [-0.2, 0) is 4.79 Å². The number of rotatable bonds is 5. The van der Waals surface area contributed by atoms with E-state index in [0.29, 0.717) is 22.6 Å². The van der Waals surface area contributed by atoms with E-state index in [4.69, 9.17) is 0 Å². The summed E-state index contributed by atoms with van der Waals surface area (Å²) in [5, 5.41) is 21.5. The van der Waals surface area contributed by atoms with Gasteiger partial charge in [0.05, 0.1) is 5.69 Å². The van der Waals surface area contributed by atoms with Crippen LogP contribution in [0, 0.1) is 16.6 Å². The molecule has 1 aromatic carbocycles. The fourth-order valence-electron chi connectivity index (χ4n) is 5.65. The number of nitrogens with one attached hydrogen (secondary N) is 1. The van der Waals surface area contributed by atoms with Crippen LogP contribution in [0.4, 0.5) is 10.2 Å². The summed E-state index contributed by atoms with van der Waals surface area (Å²) in [4.78, 5) is 13.6. The van der Waals surface area contributed by atoms with Crippen molar-refractivity contribution in [2.45, 2.75) is 52.0 Å².